The molecule has 0 radical (unpaired) electrons. The van der Waals surface area contributed by atoms with Crippen LogP contribution in [0, 0.1) is 11.3 Å². The van der Waals surface area contributed by atoms with E-state index in [2.05, 4.69) is 16.1 Å². The summed E-state index contributed by atoms with van der Waals surface area (Å²) in [4.78, 5) is 1.85. The number of alkyl halides is 3. The molecule has 1 N–H and O–H groups in total. The second kappa shape index (κ2) is 6.05. The molecular weight excluding hydrogens is 295 g/mol. The van der Waals surface area contributed by atoms with Crippen LogP contribution in [0.3, 0.4) is 0 Å². The number of ether oxygens (including phenoxy) is 1. The minimum atomic E-state index is -4.77. The number of halogens is 3. The second-order valence-corrected chi connectivity index (χ2v) is 5.70. The van der Waals surface area contributed by atoms with Gasteiger partial charge in [-0.3, -0.25) is 0 Å². The van der Waals surface area contributed by atoms with Gasteiger partial charge in [0.25, 0.3) is 0 Å². The molecule has 0 bridgehead atoms. The number of piperazine rings is 1. The predicted molar refractivity (Wildman–Crippen MR) is 76.8 cm³/mol. The lowest BCUT2D eigenvalue weighted by molar-refractivity contribution is -0.274. The van der Waals surface area contributed by atoms with E-state index in [1.165, 1.54) is 6.07 Å². The molecule has 1 saturated heterocycles. The summed E-state index contributed by atoms with van der Waals surface area (Å²) in [6.07, 6.45) is -4.77. The molecule has 1 aliphatic rings. The topological polar surface area (TPSA) is 48.3 Å². The van der Waals surface area contributed by atoms with Gasteiger partial charge in [0.2, 0.25) is 0 Å². The average Bonchev–Trinajstić information content (AvgIpc) is 2.46. The molecule has 7 heteroatoms. The normalized spacial score (nSPS) is 16.3. The first-order valence-corrected chi connectivity index (χ1v) is 7.00. The second-order valence-electron chi connectivity index (χ2n) is 5.70. The first kappa shape index (κ1) is 16.4. The van der Waals surface area contributed by atoms with E-state index < -0.39 is 11.8 Å². The lowest BCUT2D eigenvalue weighted by Crippen LogP contribution is -2.43. The van der Waals surface area contributed by atoms with E-state index in [4.69, 9.17) is 5.26 Å². The highest BCUT2D eigenvalue weighted by atomic mass is 19.4. The Morgan fingerprint density at radius 2 is 1.86 bits per heavy atom. The highest BCUT2D eigenvalue weighted by Gasteiger charge is 2.34. The lowest BCUT2D eigenvalue weighted by atomic mass is 9.86. The van der Waals surface area contributed by atoms with Crippen molar-refractivity contribution in [3.05, 3.63) is 23.8 Å². The summed E-state index contributed by atoms with van der Waals surface area (Å²) in [7, 11) is 0. The number of hydrogen-bond acceptors (Lipinski definition) is 4. The van der Waals surface area contributed by atoms with Crippen molar-refractivity contribution in [1.82, 2.24) is 5.32 Å². The Bertz CT molecular complexity index is 572. The molecule has 0 unspecified atom stereocenters. The molecule has 120 valence electrons. The van der Waals surface area contributed by atoms with Crippen LogP contribution >= 0.6 is 0 Å². The van der Waals surface area contributed by atoms with Crippen molar-refractivity contribution < 1.29 is 17.9 Å². The van der Waals surface area contributed by atoms with Crippen LogP contribution < -0.4 is 15.0 Å². The molecule has 1 aromatic carbocycles. The van der Waals surface area contributed by atoms with Gasteiger partial charge in [0, 0.05) is 26.2 Å². The van der Waals surface area contributed by atoms with Crippen molar-refractivity contribution in [3.63, 3.8) is 0 Å². The van der Waals surface area contributed by atoms with Crippen LogP contribution in [0.15, 0.2) is 18.2 Å². The maximum absolute atomic E-state index is 12.7. The van der Waals surface area contributed by atoms with Gasteiger partial charge in [0.05, 0.1) is 17.2 Å². The Kier molecular flexibility index (Phi) is 4.52. The van der Waals surface area contributed by atoms with E-state index in [9.17, 15) is 13.2 Å². The maximum Gasteiger partial charge on any atom is 0.573 e. The van der Waals surface area contributed by atoms with Gasteiger partial charge in [-0.25, -0.2) is 0 Å². The molecule has 22 heavy (non-hydrogen) atoms. The number of nitrogens with zero attached hydrogens (tertiary/aromatic N) is 2. The smallest absolute Gasteiger partial charge is 0.404 e. The summed E-state index contributed by atoms with van der Waals surface area (Å²) in [5.41, 5.74) is 0.00977. The first-order valence-electron chi connectivity index (χ1n) is 7.00. The molecule has 0 aliphatic carbocycles. The zero-order valence-corrected chi connectivity index (χ0v) is 12.5. The zero-order valence-electron chi connectivity index (χ0n) is 12.5. The van der Waals surface area contributed by atoms with Gasteiger partial charge in [-0.05, 0) is 31.5 Å². The van der Waals surface area contributed by atoms with Crippen LogP contribution in [0.25, 0.3) is 0 Å². The third kappa shape index (κ3) is 3.83. The van der Waals surface area contributed by atoms with Gasteiger partial charge in [-0.1, -0.05) is 6.07 Å². The third-order valence-corrected chi connectivity index (χ3v) is 3.64. The monoisotopic (exact) mass is 313 g/mol. The molecule has 0 aromatic heterocycles. The quantitative estimate of drug-likeness (QED) is 0.932. The Morgan fingerprint density at radius 3 is 2.41 bits per heavy atom. The van der Waals surface area contributed by atoms with Crippen molar-refractivity contribution in [2.45, 2.75) is 25.6 Å². The summed E-state index contributed by atoms with van der Waals surface area (Å²) in [6.45, 7) is 5.94. The van der Waals surface area contributed by atoms with Crippen molar-refractivity contribution in [2.24, 2.45) is 0 Å². The number of nitriles is 1. The first-order chi connectivity index (χ1) is 10.2. The summed E-state index contributed by atoms with van der Waals surface area (Å²) in [5.74, 6) is -0.254. The lowest BCUT2D eigenvalue weighted by Gasteiger charge is -2.31. The molecule has 1 fully saturated rings. The number of rotatable bonds is 3. The number of anilines is 1. The van der Waals surface area contributed by atoms with Crippen LogP contribution in [0.2, 0.25) is 0 Å². The van der Waals surface area contributed by atoms with E-state index in [0.29, 0.717) is 37.4 Å². The van der Waals surface area contributed by atoms with Crippen LogP contribution in [0.5, 0.6) is 5.75 Å². The molecule has 0 spiro atoms. The highest BCUT2D eigenvalue weighted by Crippen LogP contribution is 2.37. The van der Waals surface area contributed by atoms with Gasteiger partial charge in [0.1, 0.15) is 0 Å². The maximum atomic E-state index is 12.7. The Balaban J connectivity index is 2.42. The fraction of sp³-hybridized carbons (Fsp3) is 0.533. The predicted octanol–water partition coefficient (Wildman–Crippen LogP) is 2.80. The number of hydrogen-bond donors (Lipinski definition) is 1. The highest BCUT2D eigenvalue weighted by molar-refractivity contribution is 5.61. The van der Waals surface area contributed by atoms with Crippen molar-refractivity contribution >= 4 is 5.69 Å². The largest absolute Gasteiger partial charge is 0.573 e. The summed E-state index contributed by atoms with van der Waals surface area (Å²) >= 11 is 0. The number of benzene rings is 1. The van der Waals surface area contributed by atoms with Gasteiger partial charge >= 0.3 is 6.36 Å². The molecule has 1 heterocycles. The minimum Gasteiger partial charge on any atom is -0.404 e. The van der Waals surface area contributed by atoms with E-state index in [0.717, 1.165) is 0 Å². The van der Waals surface area contributed by atoms with E-state index in [-0.39, 0.29) is 5.75 Å². The van der Waals surface area contributed by atoms with Crippen molar-refractivity contribution in [1.29, 1.82) is 5.26 Å². The molecule has 4 nitrogen and oxygen atoms in total. The molecule has 1 aliphatic heterocycles. The summed E-state index contributed by atoms with van der Waals surface area (Å²) < 4.78 is 42.2. The Morgan fingerprint density at radius 1 is 1.23 bits per heavy atom. The summed E-state index contributed by atoms with van der Waals surface area (Å²) in [6, 6.07) is 6.68. The van der Waals surface area contributed by atoms with E-state index >= 15 is 0 Å². The van der Waals surface area contributed by atoms with Gasteiger partial charge in [-0.15, -0.1) is 13.2 Å². The Labute approximate surface area is 127 Å². The third-order valence-electron chi connectivity index (χ3n) is 3.64. The van der Waals surface area contributed by atoms with Crippen LogP contribution in [0.4, 0.5) is 18.9 Å². The van der Waals surface area contributed by atoms with Gasteiger partial charge in [-0.2, -0.15) is 5.26 Å². The fourth-order valence-corrected chi connectivity index (χ4v) is 2.34. The SMILES string of the molecule is CC(C)(C#N)c1ccc(N2CCNCC2)c(OC(F)(F)F)c1. The zero-order chi connectivity index (χ0) is 16.4. The number of nitrogens with one attached hydrogen (secondary N) is 1. The van der Waals surface area contributed by atoms with Crippen LogP contribution in [-0.2, 0) is 5.41 Å². The molecule has 0 atom stereocenters. The average molecular weight is 313 g/mol. The Hall–Kier alpha value is -1.94. The molecule has 0 saturated carbocycles. The van der Waals surface area contributed by atoms with Gasteiger partial charge in [0.15, 0.2) is 5.75 Å². The molecular formula is C15H18F3N3O. The van der Waals surface area contributed by atoms with Crippen molar-refractivity contribution in [2.75, 3.05) is 31.1 Å². The summed E-state index contributed by atoms with van der Waals surface area (Å²) in [5, 5.41) is 12.3. The van der Waals surface area contributed by atoms with Crippen molar-refractivity contribution in [3.8, 4) is 11.8 Å². The molecule has 1 aromatic rings. The minimum absolute atomic E-state index is 0.254. The van der Waals surface area contributed by atoms with Gasteiger partial charge < -0.3 is 15.0 Å². The van der Waals surface area contributed by atoms with E-state index in [1.54, 1.807) is 26.0 Å². The standard InChI is InChI=1S/C15H18F3N3O/c1-14(2,10-19)11-3-4-12(21-7-5-20-6-8-21)13(9-11)22-15(16,17)18/h3-4,9,20H,5-8H2,1-2H3. The van der Waals surface area contributed by atoms with Crippen LogP contribution in [-0.4, -0.2) is 32.5 Å². The van der Waals surface area contributed by atoms with E-state index in [1.807, 2.05) is 4.90 Å². The molecule has 2 rings (SSSR count). The van der Waals surface area contributed by atoms with Crippen LogP contribution in [0.1, 0.15) is 19.4 Å². The fourth-order valence-electron chi connectivity index (χ4n) is 2.34. The molecule has 0 amide bonds.